The summed E-state index contributed by atoms with van der Waals surface area (Å²) in [5.41, 5.74) is 23.9. The van der Waals surface area contributed by atoms with Gasteiger partial charge in [-0.15, -0.1) is 12.4 Å². The van der Waals surface area contributed by atoms with Crippen molar-refractivity contribution in [2.24, 2.45) is 26.9 Å². The first kappa shape index (κ1) is 88.2. The number of nitrogens with two attached hydrogens (primary N) is 2. The lowest BCUT2D eigenvalue weighted by atomic mass is 10.1. The molecule has 32 nitrogen and oxygen atoms in total. The Morgan fingerprint density at radius 2 is 0.804 bits per heavy atom. The van der Waals surface area contributed by atoms with Crippen LogP contribution in [0.4, 0.5) is 44.1 Å². The van der Waals surface area contributed by atoms with Crippen LogP contribution in [0.2, 0.25) is 0 Å². The number of benzene rings is 3. The van der Waals surface area contributed by atoms with E-state index >= 15 is 0 Å². The van der Waals surface area contributed by atoms with Crippen LogP contribution < -0.4 is 47.4 Å². The molecule has 0 aliphatic carbocycles. The Hall–Kier alpha value is -9.36. The highest BCUT2D eigenvalue weighted by Gasteiger charge is 2.27. The van der Waals surface area contributed by atoms with Crippen LogP contribution in [-0.4, -0.2) is 203 Å². The van der Waals surface area contributed by atoms with Crippen LogP contribution in [0.5, 0.6) is 0 Å². The number of carbonyl (C=O) groups excluding carboxylic acids is 4. The Morgan fingerprint density at radius 3 is 1.12 bits per heavy atom. The molecule has 9 heterocycles. The Kier molecular flexibility index (Phi) is 32.2. The number of anilines is 6. The number of aromatic nitrogens is 12. The molecule has 3 fully saturated rings. The highest BCUT2D eigenvalue weighted by molar-refractivity contribution is 7.98. The molecule has 112 heavy (non-hydrogen) atoms. The zero-order valence-corrected chi connectivity index (χ0v) is 69.8. The maximum absolute atomic E-state index is 12.5. The second-order valence-corrected chi connectivity index (χ2v) is 31.2. The molecule has 6 aromatic heterocycles. The van der Waals surface area contributed by atoms with Crippen LogP contribution in [0.1, 0.15) is 113 Å². The number of nitrogens with zero attached hydrogens (tertiary/aromatic N) is 15. The highest BCUT2D eigenvalue weighted by atomic mass is 35.5. The minimum atomic E-state index is -1.10. The number of imidazole rings is 3. The average molecular weight is 1620 g/mol. The number of hydrogen-bond acceptors (Lipinski definition) is 27. The van der Waals surface area contributed by atoms with Gasteiger partial charge in [0.1, 0.15) is 41.8 Å². The summed E-state index contributed by atoms with van der Waals surface area (Å²) >= 11 is 4.74. The molecule has 12 rings (SSSR count). The van der Waals surface area contributed by atoms with E-state index in [2.05, 4.69) is 84.1 Å². The second-order valence-electron chi connectivity index (χ2n) is 28.4. The third-order valence-corrected chi connectivity index (χ3v) is 20.3. The number of ether oxygens (including phenoxy) is 5. The smallest absolute Gasteiger partial charge is 0.408 e. The first-order valence-electron chi connectivity index (χ1n) is 37.0. The summed E-state index contributed by atoms with van der Waals surface area (Å²) in [5.74, 6) is 6.04. The first-order chi connectivity index (χ1) is 52.9. The number of hydrogen-bond donors (Lipinski definition) is 7. The van der Waals surface area contributed by atoms with E-state index in [1.165, 1.54) is 17.3 Å². The minimum Gasteiger partial charge on any atom is -0.480 e. The number of rotatable bonds is 22. The molecule has 0 unspecified atom stereocenters. The number of nitrogen functional groups attached to an aromatic ring is 1. The number of carbonyl (C=O) groups is 5. The summed E-state index contributed by atoms with van der Waals surface area (Å²) in [4.78, 5) is 107. The van der Waals surface area contributed by atoms with Crippen LogP contribution >= 0.6 is 47.7 Å². The predicted molar refractivity (Wildman–Crippen MR) is 442 cm³/mol. The number of amides is 4. The van der Waals surface area contributed by atoms with Gasteiger partial charge >= 0.3 is 18.2 Å². The lowest BCUT2D eigenvalue weighted by Gasteiger charge is -2.28. The van der Waals surface area contributed by atoms with Gasteiger partial charge < -0.3 is 89.9 Å². The maximum Gasteiger partial charge on any atom is 0.408 e. The summed E-state index contributed by atoms with van der Waals surface area (Å²) in [6, 6.07) is 18.2. The van der Waals surface area contributed by atoms with Gasteiger partial charge in [-0.2, -0.15) is 0 Å². The largest absolute Gasteiger partial charge is 0.480 e. The maximum atomic E-state index is 12.5. The monoisotopic (exact) mass is 1620 g/mol. The number of nitrogens with one attached hydrogen (secondary N) is 4. The molecule has 606 valence electrons. The zero-order chi connectivity index (χ0) is 80.3. The van der Waals surface area contributed by atoms with Gasteiger partial charge in [-0.25, -0.2) is 54.4 Å². The molecule has 36 heteroatoms. The summed E-state index contributed by atoms with van der Waals surface area (Å²) < 4.78 is 32.7. The Bertz CT molecular complexity index is 4740. The van der Waals surface area contributed by atoms with Gasteiger partial charge in [0.2, 0.25) is 11.8 Å². The Balaban J connectivity index is 0.000000197. The van der Waals surface area contributed by atoms with Crippen LogP contribution in [0.15, 0.2) is 70.1 Å². The van der Waals surface area contributed by atoms with Crippen LogP contribution in [0, 0.1) is 20.8 Å². The van der Waals surface area contributed by atoms with Gasteiger partial charge in [-0.3, -0.25) is 14.4 Å². The lowest BCUT2D eigenvalue weighted by Crippen LogP contribution is -2.37. The van der Waals surface area contributed by atoms with Crippen molar-refractivity contribution in [2.75, 3.05) is 130 Å². The molecule has 4 amide bonds. The first-order valence-corrected chi connectivity index (χ1v) is 39.9. The lowest BCUT2D eigenvalue weighted by molar-refractivity contribution is -0.136. The van der Waals surface area contributed by atoms with Crippen LogP contribution in [-0.2, 0) is 95.7 Å². The number of halogens is 1. The zero-order valence-electron chi connectivity index (χ0n) is 66.6. The van der Waals surface area contributed by atoms with Crippen molar-refractivity contribution < 1.29 is 52.8 Å². The van der Waals surface area contributed by atoms with Crippen LogP contribution in [0.3, 0.4) is 0 Å². The van der Waals surface area contributed by atoms with Gasteiger partial charge in [0.25, 0.3) is 0 Å². The SMILES string of the molecule is CC(C)(C)OC(=O)NCC(=O)O.CCc1nc2c(N3CCOCC3)nc(SCc3ccc(C)c(N)c3)nc2n1C.CCc1nc2c(N3CCOCC3)nc(SCc3ccc(C)c(NC(=O)CN)c3)nc2n1C.CCc1nc2c(N3CCOCC3)nc(SCc3ccc(C)c(NC(=O)CNC(=O)OC(C)(C)C)c3)nc2n1C.Cl. The number of alkyl carbamates (subject to hydrolysis) is 2. The Morgan fingerprint density at radius 1 is 0.482 bits per heavy atom. The van der Waals surface area contributed by atoms with E-state index in [0.29, 0.717) is 67.1 Å². The fourth-order valence-corrected chi connectivity index (χ4v) is 14.0. The summed E-state index contributed by atoms with van der Waals surface area (Å²) in [5, 5.41) is 20.6. The number of morpholine rings is 3. The predicted octanol–water partition coefficient (Wildman–Crippen LogP) is 10.0. The van der Waals surface area contributed by atoms with Gasteiger partial charge in [0.05, 0.1) is 46.2 Å². The molecule has 3 aliphatic heterocycles. The van der Waals surface area contributed by atoms with Gasteiger partial charge in [0, 0.05) is 114 Å². The average Bonchev–Trinajstić information content (AvgIpc) is 1.63. The molecule has 9 N–H and O–H groups in total. The number of aryl methyl sites for hydroxylation is 9. The van der Waals surface area contributed by atoms with E-state index in [9.17, 15) is 24.0 Å². The molecule has 0 radical (unpaired) electrons. The van der Waals surface area contributed by atoms with E-state index < -0.39 is 35.9 Å². The fourth-order valence-electron chi connectivity index (χ4n) is 11.7. The molecule has 0 spiro atoms. The standard InChI is InChI=1S/C27H37N7O4S.C22H29N7O2S.C20H26N6OS.C7H13NO4.ClH/c1-7-20-30-22-23(33(20)6)31-25(32-24(22)34-10-12-37-13-11-34)39-16-18-9-8-17(2)19(14-18)29-21(35)15-28-26(36)38-27(3,4)5;1-4-17-25-19-20(28(17)3)26-22(27-21(19)29-7-9-31-10-8-29)32-13-15-6-5-14(2)16(11-15)24-18(30)12-23;1-4-16-22-17-18(25(16)3)23-20(24-19(17)26-7-9-27-10-8-26)28-12-14-6-5-13(2)15(21)11-14;1-7(2,3)12-6(11)8-4-5(9)10;/h8-9,14H,7,10-13,15-16H2,1-6H3,(H,28,36)(H,29,35);5-6,11H,4,7-10,12-13,23H2,1-3H3,(H,24,30);5-6,11H,4,7-10,12,21H2,1-3H3;4H2,1-3H3,(H,8,11)(H,9,10);1H. The number of thioether (sulfide) groups is 3. The molecule has 0 atom stereocenters. The second kappa shape index (κ2) is 40.9. The molecule has 9 aromatic rings. The number of fused-ring (bicyclic) bond motifs is 3. The Labute approximate surface area is 672 Å². The van der Waals surface area contributed by atoms with Crippen molar-refractivity contribution >= 4 is 146 Å². The molecule has 3 aromatic carbocycles. The number of carboxylic acids is 1. The molecule has 0 bridgehead atoms. The van der Waals surface area contributed by atoms with Crippen molar-refractivity contribution in [1.29, 1.82) is 0 Å². The molecular weight excluding hydrogens is 1510 g/mol. The quantitative estimate of drug-likeness (QED) is 0.0188. The topological polar surface area (TPSA) is 392 Å². The molecule has 3 saturated heterocycles. The summed E-state index contributed by atoms with van der Waals surface area (Å²) in [6.07, 6.45) is 1.15. The van der Waals surface area contributed by atoms with E-state index in [4.69, 9.17) is 85.1 Å². The normalized spacial score (nSPS) is 13.7. The van der Waals surface area contributed by atoms with Crippen molar-refractivity contribution in [3.63, 3.8) is 0 Å². The van der Waals surface area contributed by atoms with E-state index in [0.717, 1.165) is 177 Å². The third-order valence-electron chi connectivity index (χ3n) is 17.6. The molecular formula is C76H106ClN21O11S3. The van der Waals surface area contributed by atoms with Gasteiger partial charge in [-0.05, 0) is 114 Å². The molecule has 0 saturated carbocycles. The van der Waals surface area contributed by atoms with E-state index in [1.807, 2.05) is 82.9 Å². The summed E-state index contributed by atoms with van der Waals surface area (Å²) in [6.45, 7) is 30.8. The molecule has 3 aliphatic rings. The third kappa shape index (κ3) is 24.8. The minimum absolute atomic E-state index is 0. The fraction of sp³-hybridized carbons (Fsp3) is 0.500. The van der Waals surface area contributed by atoms with Crippen LogP contribution in [0.25, 0.3) is 33.5 Å². The van der Waals surface area contributed by atoms with Gasteiger partial charge in [0.15, 0.2) is 66.4 Å². The number of carboxylic acid groups (broad SMARTS) is 1. The van der Waals surface area contributed by atoms with Crippen molar-refractivity contribution in [3.8, 4) is 0 Å². The van der Waals surface area contributed by atoms with E-state index in [-0.39, 0.29) is 37.3 Å². The van der Waals surface area contributed by atoms with Crippen molar-refractivity contribution in [2.45, 2.75) is 146 Å². The van der Waals surface area contributed by atoms with Gasteiger partial charge in [-0.1, -0.05) is 92.5 Å². The van der Waals surface area contributed by atoms with Crippen molar-refractivity contribution in [3.05, 3.63) is 105 Å². The summed E-state index contributed by atoms with van der Waals surface area (Å²) in [7, 11) is 6.02. The van der Waals surface area contributed by atoms with Crippen molar-refractivity contribution in [1.82, 2.24) is 69.2 Å². The van der Waals surface area contributed by atoms with E-state index in [1.54, 1.807) is 65.1 Å². The number of aliphatic carboxylic acids is 1. The highest BCUT2D eigenvalue weighted by Crippen LogP contribution is 2.35.